The molecule has 204 valence electrons. The molecule has 0 radical (unpaired) electrons. The highest BCUT2D eigenvalue weighted by atomic mass is 32.2. The lowest BCUT2D eigenvalue weighted by Crippen LogP contribution is -2.42. The van der Waals surface area contributed by atoms with Crippen molar-refractivity contribution in [3.8, 4) is 0 Å². The summed E-state index contributed by atoms with van der Waals surface area (Å²) < 4.78 is 0. The molecule has 1 N–H and O–H groups in total. The Morgan fingerprint density at radius 1 is 1.05 bits per heavy atom. The Balaban J connectivity index is 1.25. The first-order valence-corrected chi connectivity index (χ1v) is 14.9. The monoisotopic (exact) mass is 545 g/mol. The lowest BCUT2D eigenvalue weighted by molar-refractivity contribution is -0.129. The highest BCUT2D eigenvalue weighted by Gasteiger charge is 2.41. The summed E-state index contributed by atoms with van der Waals surface area (Å²) in [6, 6.07) is 17.1. The first kappa shape index (κ1) is 27.1. The van der Waals surface area contributed by atoms with Crippen LogP contribution in [-0.2, 0) is 20.9 Å². The maximum absolute atomic E-state index is 13.5. The standard InChI is InChI=1S/C30H35N5O3S/c1-2-34(19-21-11-5-3-6-12-21)27(37)20-39-30-33-24-16-10-9-15-23(24)28-32-25(29(38)35(28)30)17-18-26(36)31-22-13-7-4-8-14-22/h3,5-6,9-12,15-16,22,25H,2,4,7-8,13-14,17-20H2,1H3,(H,31,36)/t25-/m1/s1. The molecule has 3 aliphatic rings. The molecule has 2 heterocycles. The number of hydrogen-bond donors (Lipinski definition) is 1. The highest BCUT2D eigenvalue weighted by molar-refractivity contribution is 8.14. The summed E-state index contributed by atoms with van der Waals surface area (Å²) in [5, 5.41) is 3.58. The SMILES string of the molecule is CCN(Cc1ccccc1)C(=O)CSC1=Nc2ccccc2C2=N[C@H](CCC(=O)NC3CCCCC3)C(=O)N12. The maximum Gasteiger partial charge on any atom is 0.259 e. The molecule has 1 saturated carbocycles. The summed E-state index contributed by atoms with van der Waals surface area (Å²) in [4.78, 5) is 52.1. The Kier molecular flexibility index (Phi) is 8.76. The third kappa shape index (κ3) is 6.41. The van der Waals surface area contributed by atoms with Gasteiger partial charge in [0.05, 0.1) is 11.4 Å². The summed E-state index contributed by atoms with van der Waals surface area (Å²) >= 11 is 1.26. The number of benzene rings is 2. The minimum atomic E-state index is -0.644. The summed E-state index contributed by atoms with van der Waals surface area (Å²) in [6.07, 6.45) is 6.18. The number of para-hydroxylation sites is 1. The quantitative estimate of drug-likeness (QED) is 0.496. The van der Waals surface area contributed by atoms with Crippen molar-refractivity contribution in [3.05, 3.63) is 65.7 Å². The van der Waals surface area contributed by atoms with E-state index >= 15 is 0 Å². The van der Waals surface area contributed by atoms with Gasteiger partial charge < -0.3 is 10.2 Å². The zero-order chi connectivity index (χ0) is 27.2. The van der Waals surface area contributed by atoms with Crippen LogP contribution in [0.3, 0.4) is 0 Å². The molecule has 1 aliphatic carbocycles. The van der Waals surface area contributed by atoms with Gasteiger partial charge in [-0.1, -0.05) is 73.5 Å². The molecule has 0 aromatic heterocycles. The van der Waals surface area contributed by atoms with Crippen LogP contribution in [0.2, 0.25) is 0 Å². The summed E-state index contributed by atoms with van der Waals surface area (Å²) in [7, 11) is 0. The average Bonchev–Trinajstić information content (AvgIpc) is 3.31. The van der Waals surface area contributed by atoms with Crippen LogP contribution in [0.5, 0.6) is 0 Å². The number of rotatable bonds is 9. The van der Waals surface area contributed by atoms with Crippen LogP contribution in [0.1, 0.15) is 63.0 Å². The van der Waals surface area contributed by atoms with Crippen LogP contribution in [0.4, 0.5) is 5.69 Å². The smallest absolute Gasteiger partial charge is 0.259 e. The number of hydrogen-bond acceptors (Lipinski definition) is 6. The van der Waals surface area contributed by atoms with Crippen molar-refractivity contribution in [1.29, 1.82) is 0 Å². The van der Waals surface area contributed by atoms with E-state index in [0.29, 0.717) is 30.5 Å². The van der Waals surface area contributed by atoms with Gasteiger partial charge in [-0.3, -0.25) is 19.4 Å². The van der Waals surface area contributed by atoms with Crippen molar-refractivity contribution >= 4 is 46.2 Å². The predicted octanol–water partition coefficient (Wildman–Crippen LogP) is 4.66. The minimum Gasteiger partial charge on any atom is -0.353 e. The molecule has 2 aromatic carbocycles. The van der Waals surface area contributed by atoms with Crippen molar-refractivity contribution in [2.75, 3.05) is 12.3 Å². The van der Waals surface area contributed by atoms with E-state index in [9.17, 15) is 14.4 Å². The van der Waals surface area contributed by atoms with E-state index < -0.39 is 6.04 Å². The molecule has 0 bridgehead atoms. The Labute approximate surface area is 234 Å². The molecule has 0 spiro atoms. The summed E-state index contributed by atoms with van der Waals surface area (Å²) in [5.74, 6) is 0.476. The molecule has 1 fully saturated rings. The molecule has 3 amide bonds. The fourth-order valence-corrected chi connectivity index (χ4v) is 6.20. The van der Waals surface area contributed by atoms with Gasteiger partial charge in [-0.25, -0.2) is 9.89 Å². The van der Waals surface area contributed by atoms with Crippen molar-refractivity contribution in [2.45, 2.75) is 70.5 Å². The Morgan fingerprint density at radius 3 is 2.56 bits per heavy atom. The third-order valence-electron chi connectivity index (χ3n) is 7.44. The molecule has 2 aliphatic heterocycles. The Morgan fingerprint density at radius 2 is 1.79 bits per heavy atom. The topological polar surface area (TPSA) is 94.4 Å². The van der Waals surface area contributed by atoms with Gasteiger partial charge in [-0.15, -0.1) is 0 Å². The molecular formula is C30H35N5O3S. The summed E-state index contributed by atoms with van der Waals surface area (Å²) in [5.41, 5.74) is 2.58. The van der Waals surface area contributed by atoms with Crippen LogP contribution in [0.15, 0.2) is 64.6 Å². The van der Waals surface area contributed by atoms with Crippen LogP contribution in [0, 0.1) is 0 Å². The number of fused-ring (bicyclic) bond motifs is 3. The van der Waals surface area contributed by atoms with Gasteiger partial charge in [0.25, 0.3) is 5.91 Å². The molecule has 1 atom stereocenters. The maximum atomic E-state index is 13.5. The molecule has 0 saturated heterocycles. The van der Waals surface area contributed by atoms with Crippen molar-refractivity contribution in [2.24, 2.45) is 9.98 Å². The molecule has 5 rings (SSSR count). The van der Waals surface area contributed by atoms with E-state index in [1.807, 2.05) is 61.5 Å². The zero-order valence-corrected chi connectivity index (χ0v) is 23.2. The van der Waals surface area contributed by atoms with E-state index in [4.69, 9.17) is 9.98 Å². The second kappa shape index (κ2) is 12.6. The first-order chi connectivity index (χ1) is 19.0. The highest BCUT2D eigenvalue weighted by Crippen LogP contribution is 2.34. The second-order valence-corrected chi connectivity index (χ2v) is 11.1. The molecule has 0 unspecified atom stereocenters. The van der Waals surface area contributed by atoms with Crippen LogP contribution in [-0.4, -0.2) is 62.9 Å². The lowest BCUT2D eigenvalue weighted by Gasteiger charge is -2.26. The number of nitrogens with zero attached hydrogens (tertiary/aromatic N) is 4. The van der Waals surface area contributed by atoms with E-state index in [-0.39, 0.29) is 35.9 Å². The lowest BCUT2D eigenvalue weighted by atomic mass is 9.95. The van der Waals surface area contributed by atoms with Gasteiger partial charge in [-0.2, -0.15) is 0 Å². The molecule has 39 heavy (non-hydrogen) atoms. The second-order valence-electron chi connectivity index (χ2n) is 10.2. The molecular weight excluding hydrogens is 510 g/mol. The van der Waals surface area contributed by atoms with Crippen molar-refractivity contribution in [1.82, 2.24) is 15.1 Å². The number of amidine groups is 2. The molecule has 8 nitrogen and oxygen atoms in total. The zero-order valence-electron chi connectivity index (χ0n) is 22.3. The number of carbonyl (C=O) groups excluding carboxylic acids is 3. The normalized spacial score (nSPS) is 18.6. The number of thioether (sulfide) groups is 1. The van der Waals surface area contributed by atoms with Gasteiger partial charge in [0.2, 0.25) is 11.8 Å². The fourth-order valence-electron chi connectivity index (χ4n) is 5.30. The first-order valence-electron chi connectivity index (χ1n) is 13.9. The number of amides is 3. The van der Waals surface area contributed by atoms with Crippen LogP contribution < -0.4 is 5.32 Å². The van der Waals surface area contributed by atoms with E-state index in [0.717, 1.165) is 42.5 Å². The number of nitrogens with one attached hydrogen (secondary N) is 1. The van der Waals surface area contributed by atoms with Crippen LogP contribution >= 0.6 is 11.8 Å². The van der Waals surface area contributed by atoms with E-state index in [1.54, 1.807) is 4.90 Å². The van der Waals surface area contributed by atoms with Gasteiger partial charge in [0, 0.05) is 31.1 Å². The minimum absolute atomic E-state index is 0.0195. The van der Waals surface area contributed by atoms with Gasteiger partial charge in [-0.05, 0) is 43.9 Å². The van der Waals surface area contributed by atoms with Gasteiger partial charge in [0.1, 0.15) is 11.9 Å². The van der Waals surface area contributed by atoms with Crippen LogP contribution in [0.25, 0.3) is 0 Å². The van der Waals surface area contributed by atoms with Crippen molar-refractivity contribution < 1.29 is 14.4 Å². The number of carbonyl (C=O) groups is 3. The van der Waals surface area contributed by atoms with E-state index in [2.05, 4.69) is 5.32 Å². The molecule has 9 heteroatoms. The number of aliphatic imine (C=N–C) groups is 2. The van der Waals surface area contributed by atoms with E-state index in [1.165, 1.54) is 23.1 Å². The Hall–Kier alpha value is -3.46. The third-order valence-corrected chi connectivity index (χ3v) is 8.36. The predicted molar refractivity (Wildman–Crippen MR) is 155 cm³/mol. The average molecular weight is 546 g/mol. The largest absolute Gasteiger partial charge is 0.353 e. The molecule has 2 aromatic rings. The Bertz CT molecular complexity index is 1270. The summed E-state index contributed by atoms with van der Waals surface area (Å²) in [6.45, 7) is 3.08. The fraction of sp³-hybridized carbons (Fsp3) is 0.433. The van der Waals surface area contributed by atoms with Gasteiger partial charge in [0.15, 0.2) is 5.17 Å². The van der Waals surface area contributed by atoms with Crippen molar-refractivity contribution in [3.63, 3.8) is 0 Å². The van der Waals surface area contributed by atoms with Gasteiger partial charge >= 0.3 is 0 Å².